The SMILES string of the molecule is COc1ccc(C(=O)NC(=O)N2CCCC(C)C2)cc1. The molecule has 0 aliphatic carbocycles. The zero-order valence-corrected chi connectivity index (χ0v) is 11.9. The Morgan fingerprint density at radius 1 is 1.30 bits per heavy atom. The maximum Gasteiger partial charge on any atom is 0.324 e. The van der Waals surface area contributed by atoms with Gasteiger partial charge in [-0.25, -0.2) is 4.79 Å². The van der Waals surface area contributed by atoms with Crippen LogP contribution in [0.5, 0.6) is 5.75 Å². The second-order valence-electron chi connectivity index (χ2n) is 5.18. The Bertz CT molecular complexity index is 484. The molecule has 1 heterocycles. The topological polar surface area (TPSA) is 58.6 Å². The lowest BCUT2D eigenvalue weighted by atomic mass is 10.0. The van der Waals surface area contributed by atoms with Gasteiger partial charge in [-0.1, -0.05) is 6.92 Å². The van der Waals surface area contributed by atoms with Gasteiger partial charge in [0, 0.05) is 18.7 Å². The molecule has 0 radical (unpaired) electrons. The molecule has 1 N–H and O–H groups in total. The van der Waals surface area contributed by atoms with E-state index in [1.807, 2.05) is 0 Å². The van der Waals surface area contributed by atoms with Crippen LogP contribution in [0.2, 0.25) is 0 Å². The molecule has 1 atom stereocenters. The fourth-order valence-corrected chi connectivity index (χ4v) is 2.36. The maximum absolute atomic E-state index is 12.0. The Labute approximate surface area is 118 Å². The summed E-state index contributed by atoms with van der Waals surface area (Å²) in [5.74, 6) is 0.791. The molecule has 1 saturated heterocycles. The van der Waals surface area contributed by atoms with Gasteiger partial charge in [-0.2, -0.15) is 0 Å². The van der Waals surface area contributed by atoms with E-state index in [4.69, 9.17) is 4.74 Å². The molecule has 1 unspecified atom stereocenters. The quantitative estimate of drug-likeness (QED) is 0.901. The largest absolute Gasteiger partial charge is 0.497 e. The first-order valence-corrected chi connectivity index (χ1v) is 6.84. The van der Waals surface area contributed by atoms with Crippen LogP contribution < -0.4 is 10.1 Å². The molecule has 1 aromatic rings. The predicted molar refractivity (Wildman–Crippen MR) is 75.8 cm³/mol. The van der Waals surface area contributed by atoms with Crippen LogP contribution in [0, 0.1) is 5.92 Å². The van der Waals surface area contributed by atoms with Crippen molar-refractivity contribution in [2.24, 2.45) is 5.92 Å². The predicted octanol–water partition coefficient (Wildman–Crippen LogP) is 2.28. The number of amides is 3. The Hall–Kier alpha value is -2.04. The summed E-state index contributed by atoms with van der Waals surface area (Å²) in [7, 11) is 1.57. The van der Waals surface area contributed by atoms with Gasteiger partial charge in [0.15, 0.2) is 0 Å². The second-order valence-corrected chi connectivity index (χ2v) is 5.18. The normalized spacial score (nSPS) is 18.5. The number of methoxy groups -OCH3 is 1. The molecule has 0 aromatic heterocycles. The van der Waals surface area contributed by atoms with Gasteiger partial charge in [0.25, 0.3) is 5.91 Å². The summed E-state index contributed by atoms with van der Waals surface area (Å²) in [6.07, 6.45) is 2.13. The molecular weight excluding hydrogens is 256 g/mol. The van der Waals surface area contributed by atoms with E-state index in [9.17, 15) is 9.59 Å². The van der Waals surface area contributed by atoms with Gasteiger partial charge in [-0.15, -0.1) is 0 Å². The third-order valence-corrected chi connectivity index (χ3v) is 3.52. The van der Waals surface area contributed by atoms with Gasteiger partial charge in [0.2, 0.25) is 0 Å². The number of hydrogen-bond donors (Lipinski definition) is 1. The number of carbonyl (C=O) groups excluding carboxylic acids is 2. The summed E-state index contributed by atoms with van der Waals surface area (Å²) in [5.41, 5.74) is 0.448. The Morgan fingerprint density at radius 2 is 2.00 bits per heavy atom. The fraction of sp³-hybridized carbons (Fsp3) is 0.467. The second kappa shape index (κ2) is 6.41. The number of urea groups is 1. The summed E-state index contributed by atoms with van der Waals surface area (Å²) in [5, 5.41) is 2.43. The van der Waals surface area contributed by atoms with E-state index >= 15 is 0 Å². The molecule has 5 nitrogen and oxygen atoms in total. The van der Waals surface area contributed by atoms with Crippen LogP contribution in [0.4, 0.5) is 4.79 Å². The van der Waals surface area contributed by atoms with Crippen molar-refractivity contribution in [1.82, 2.24) is 10.2 Å². The number of imide groups is 1. The van der Waals surface area contributed by atoms with Crippen molar-refractivity contribution in [2.75, 3.05) is 20.2 Å². The number of benzene rings is 1. The summed E-state index contributed by atoms with van der Waals surface area (Å²) in [6, 6.07) is 6.36. The van der Waals surface area contributed by atoms with E-state index < -0.39 is 0 Å². The van der Waals surface area contributed by atoms with Crippen LogP contribution in [0.3, 0.4) is 0 Å². The van der Waals surface area contributed by atoms with Gasteiger partial charge >= 0.3 is 6.03 Å². The smallest absolute Gasteiger partial charge is 0.324 e. The zero-order chi connectivity index (χ0) is 14.5. The van der Waals surface area contributed by atoms with Gasteiger partial charge < -0.3 is 9.64 Å². The number of hydrogen-bond acceptors (Lipinski definition) is 3. The number of rotatable bonds is 2. The number of likely N-dealkylation sites (tertiary alicyclic amines) is 1. The van der Waals surface area contributed by atoms with E-state index in [0.717, 1.165) is 12.8 Å². The van der Waals surface area contributed by atoms with Gasteiger partial charge in [-0.3, -0.25) is 10.1 Å². The number of ether oxygens (including phenoxy) is 1. The zero-order valence-electron chi connectivity index (χ0n) is 11.9. The van der Waals surface area contributed by atoms with Crippen LogP contribution in [0.15, 0.2) is 24.3 Å². The lowest BCUT2D eigenvalue weighted by Crippen LogP contribution is -2.46. The molecule has 3 amide bonds. The van der Waals surface area contributed by atoms with Crippen molar-refractivity contribution in [1.29, 1.82) is 0 Å². The summed E-state index contributed by atoms with van der Waals surface area (Å²) in [4.78, 5) is 25.7. The van der Waals surface area contributed by atoms with Gasteiger partial charge in [0.1, 0.15) is 5.75 Å². The highest BCUT2D eigenvalue weighted by atomic mass is 16.5. The maximum atomic E-state index is 12.0. The molecule has 108 valence electrons. The number of nitrogens with one attached hydrogen (secondary N) is 1. The van der Waals surface area contributed by atoms with Crippen LogP contribution in [0.1, 0.15) is 30.1 Å². The highest BCUT2D eigenvalue weighted by Crippen LogP contribution is 2.15. The molecule has 0 bridgehead atoms. The Morgan fingerprint density at radius 3 is 2.60 bits per heavy atom. The number of carbonyl (C=O) groups is 2. The van der Waals surface area contributed by atoms with E-state index in [1.54, 1.807) is 36.3 Å². The monoisotopic (exact) mass is 276 g/mol. The molecular formula is C15H20N2O3. The van der Waals surface area contributed by atoms with Crippen molar-refractivity contribution in [3.05, 3.63) is 29.8 Å². The molecule has 20 heavy (non-hydrogen) atoms. The highest BCUT2D eigenvalue weighted by molar-refractivity contribution is 6.04. The highest BCUT2D eigenvalue weighted by Gasteiger charge is 2.22. The standard InChI is InChI=1S/C15H20N2O3/c1-11-4-3-9-17(10-11)15(19)16-14(18)12-5-7-13(20-2)8-6-12/h5-8,11H,3-4,9-10H2,1-2H3,(H,16,18,19). The van der Waals surface area contributed by atoms with E-state index in [0.29, 0.717) is 30.3 Å². The lowest BCUT2D eigenvalue weighted by Gasteiger charge is -2.30. The lowest BCUT2D eigenvalue weighted by molar-refractivity contribution is 0.0944. The van der Waals surface area contributed by atoms with Gasteiger partial charge in [-0.05, 0) is 43.0 Å². The number of piperidine rings is 1. The van der Waals surface area contributed by atoms with Crippen molar-refractivity contribution in [3.63, 3.8) is 0 Å². The first-order chi connectivity index (χ1) is 9.60. The molecule has 1 aliphatic rings. The van der Waals surface area contributed by atoms with Crippen LogP contribution >= 0.6 is 0 Å². The van der Waals surface area contributed by atoms with Crippen molar-refractivity contribution >= 4 is 11.9 Å². The van der Waals surface area contributed by atoms with E-state index in [-0.39, 0.29) is 11.9 Å². The molecule has 5 heteroatoms. The number of nitrogens with zero attached hydrogens (tertiary/aromatic N) is 1. The van der Waals surface area contributed by atoms with Crippen LogP contribution in [-0.2, 0) is 0 Å². The van der Waals surface area contributed by atoms with Crippen molar-refractivity contribution in [3.8, 4) is 5.75 Å². The molecule has 1 aromatic carbocycles. The van der Waals surface area contributed by atoms with Gasteiger partial charge in [0.05, 0.1) is 7.11 Å². The minimum atomic E-state index is -0.379. The molecule has 2 rings (SSSR count). The molecule has 0 saturated carbocycles. The minimum absolute atomic E-state index is 0.308. The summed E-state index contributed by atoms with van der Waals surface area (Å²) >= 11 is 0. The minimum Gasteiger partial charge on any atom is -0.497 e. The third kappa shape index (κ3) is 3.50. The Kier molecular flexibility index (Phi) is 4.61. The van der Waals surface area contributed by atoms with E-state index in [2.05, 4.69) is 12.2 Å². The first kappa shape index (κ1) is 14.4. The summed E-state index contributed by atoms with van der Waals surface area (Å²) < 4.78 is 5.03. The average molecular weight is 276 g/mol. The first-order valence-electron chi connectivity index (χ1n) is 6.84. The Balaban J connectivity index is 1.94. The fourth-order valence-electron chi connectivity index (χ4n) is 2.36. The van der Waals surface area contributed by atoms with Crippen molar-refractivity contribution < 1.29 is 14.3 Å². The van der Waals surface area contributed by atoms with Crippen LogP contribution in [-0.4, -0.2) is 37.0 Å². The molecule has 0 spiro atoms. The molecule has 1 fully saturated rings. The van der Waals surface area contributed by atoms with Crippen LogP contribution in [0.25, 0.3) is 0 Å². The summed E-state index contributed by atoms with van der Waals surface area (Å²) in [6.45, 7) is 3.54. The average Bonchev–Trinajstić information content (AvgIpc) is 2.47. The van der Waals surface area contributed by atoms with Crippen molar-refractivity contribution in [2.45, 2.75) is 19.8 Å². The van der Waals surface area contributed by atoms with E-state index in [1.165, 1.54) is 0 Å². The third-order valence-electron chi connectivity index (χ3n) is 3.52. The molecule has 1 aliphatic heterocycles.